The van der Waals surface area contributed by atoms with E-state index in [1.54, 1.807) is 30.0 Å². The maximum atomic E-state index is 13.8. The first kappa shape index (κ1) is 20.9. The van der Waals surface area contributed by atoms with Crippen LogP contribution in [0.4, 0.5) is 25.0 Å². The molecule has 1 aliphatic heterocycles. The Morgan fingerprint density at radius 1 is 1.10 bits per heavy atom. The maximum Gasteiger partial charge on any atom is 0.322 e. The number of carbonyl (C=O) groups excluding carboxylic acids is 2. The zero-order valence-electron chi connectivity index (χ0n) is 16.6. The molecule has 0 bridgehead atoms. The quantitative estimate of drug-likeness (QED) is 0.609. The number of halogens is 2. The van der Waals surface area contributed by atoms with Crippen molar-refractivity contribution in [3.63, 3.8) is 0 Å². The lowest BCUT2D eigenvalue weighted by Crippen LogP contribution is -2.34. The van der Waals surface area contributed by atoms with Crippen molar-refractivity contribution in [2.45, 2.75) is 25.8 Å². The van der Waals surface area contributed by atoms with Gasteiger partial charge in [0.15, 0.2) is 0 Å². The van der Waals surface area contributed by atoms with E-state index in [2.05, 4.69) is 20.8 Å². The molecule has 0 saturated carbocycles. The number of likely N-dealkylation sites (tertiary alicyclic amines) is 1. The lowest BCUT2D eigenvalue weighted by molar-refractivity contribution is 0.102. The number of amides is 3. The Balaban J connectivity index is 1.45. The summed E-state index contributed by atoms with van der Waals surface area (Å²) in [7, 11) is 0. The van der Waals surface area contributed by atoms with Crippen LogP contribution in [0.5, 0.6) is 0 Å². The number of nitrogens with one attached hydrogen (secondary N) is 2. The maximum absolute atomic E-state index is 13.8. The van der Waals surface area contributed by atoms with Crippen LogP contribution in [-0.2, 0) is 0 Å². The van der Waals surface area contributed by atoms with Crippen LogP contribution < -0.4 is 10.6 Å². The Hall–Kier alpha value is -3.40. The Labute approximate surface area is 181 Å². The number of benzene rings is 2. The molecule has 4 rings (SSSR count). The second-order valence-corrected chi connectivity index (χ2v) is 8.16. The summed E-state index contributed by atoms with van der Waals surface area (Å²) in [5.74, 6) is -1.36. The lowest BCUT2D eigenvalue weighted by atomic mass is 10.2. The number of hydrogen-bond donors (Lipinski definition) is 2. The number of anilines is 2. The van der Waals surface area contributed by atoms with E-state index in [9.17, 15) is 18.4 Å². The van der Waals surface area contributed by atoms with Gasteiger partial charge in [-0.15, -0.1) is 10.2 Å². The average molecular weight is 443 g/mol. The fraction of sp³-hybridized carbons (Fsp3) is 0.238. The van der Waals surface area contributed by atoms with Crippen LogP contribution in [-0.4, -0.2) is 33.6 Å². The molecular weight excluding hydrogens is 424 g/mol. The minimum Gasteiger partial charge on any atom is -0.320 e. The van der Waals surface area contributed by atoms with Crippen molar-refractivity contribution in [1.29, 1.82) is 0 Å². The van der Waals surface area contributed by atoms with Crippen molar-refractivity contribution >= 4 is 34.6 Å². The third-order valence-electron chi connectivity index (χ3n) is 4.94. The molecule has 1 atom stereocenters. The predicted octanol–water partition coefficient (Wildman–Crippen LogP) is 4.75. The third-order valence-corrected chi connectivity index (χ3v) is 5.96. The summed E-state index contributed by atoms with van der Waals surface area (Å²) in [4.78, 5) is 26.8. The van der Waals surface area contributed by atoms with E-state index in [-0.39, 0.29) is 17.1 Å². The molecule has 10 heteroatoms. The molecule has 0 aliphatic carbocycles. The Kier molecular flexibility index (Phi) is 5.90. The third kappa shape index (κ3) is 4.69. The van der Waals surface area contributed by atoms with Gasteiger partial charge < -0.3 is 15.5 Å². The zero-order valence-corrected chi connectivity index (χ0v) is 17.4. The van der Waals surface area contributed by atoms with Crippen LogP contribution >= 0.6 is 11.3 Å². The first-order chi connectivity index (χ1) is 14.9. The molecule has 7 nitrogen and oxygen atoms in total. The number of aromatic nitrogens is 2. The average Bonchev–Trinajstić information content (AvgIpc) is 3.40. The van der Waals surface area contributed by atoms with Gasteiger partial charge in [0, 0.05) is 17.9 Å². The first-order valence-electron chi connectivity index (χ1n) is 9.65. The lowest BCUT2D eigenvalue weighted by Gasteiger charge is -2.23. The normalized spacial score (nSPS) is 15.7. The summed E-state index contributed by atoms with van der Waals surface area (Å²) in [6.45, 7) is 2.16. The predicted molar refractivity (Wildman–Crippen MR) is 113 cm³/mol. The van der Waals surface area contributed by atoms with Gasteiger partial charge >= 0.3 is 6.03 Å². The van der Waals surface area contributed by atoms with Gasteiger partial charge in [0.05, 0.1) is 6.04 Å². The first-order valence-corrected chi connectivity index (χ1v) is 10.5. The van der Waals surface area contributed by atoms with E-state index in [1.807, 2.05) is 0 Å². The largest absolute Gasteiger partial charge is 0.322 e. The van der Waals surface area contributed by atoms with Gasteiger partial charge in [0.1, 0.15) is 16.6 Å². The fourth-order valence-corrected chi connectivity index (χ4v) is 4.23. The molecule has 1 fully saturated rings. The number of rotatable bonds is 4. The highest BCUT2D eigenvalue weighted by atomic mass is 32.1. The summed E-state index contributed by atoms with van der Waals surface area (Å²) in [6.07, 6.45) is 1.45. The highest BCUT2D eigenvalue weighted by Gasteiger charge is 2.33. The Morgan fingerprint density at radius 3 is 2.68 bits per heavy atom. The molecule has 1 aromatic heterocycles. The van der Waals surface area contributed by atoms with Crippen LogP contribution in [0.3, 0.4) is 0 Å². The van der Waals surface area contributed by atoms with E-state index in [0.717, 1.165) is 17.8 Å². The number of nitrogens with zero attached hydrogens (tertiary/aromatic N) is 3. The van der Waals surface area contributed by atoms with E-state index in [4.69, 9.17) is 0 Å². The van der Waals surface area contributed by atoms with Gasteiger partial charge in [-0.2, -0.15) is 0 Å². The molecule has 3 aromatic rings. The van der Waals surface area contributed by atoms with Gasteiger partial charge in [-0.1, -0.05) is 23.5 Å². The van der Waals surface area contributed by atoms with Crippen LogP contribution in [0, 0.1) is 18.6 Å². The van der Waals surface area contributed by atoms with Crippen LogP contribution in [0.2, 0.25) is 0 Å². The molecule has 31 heavy (non-hydrogen) atoms. The topological polar surface area (TPSA) is 87.2 Å². The molecule has 2 aromatic carbocycles. The fourth-order valence-electron chi connectivity index (χ4n) is 3.34. The SMILES string of the molecule is Cc1ccc(NC(=O)N2CCC[C@H]2c2nnc(C(=O)Nc3cccc(F)c3)s2)cc1F. The zero-order chi connectivity index (χ0) is 22.0. The molecule has 0 radical (unpaired) electrons. The second kappa shape index (κ2) is 8.76. The summed E-state index contributed by atoms with van der Waals surface area (Å²) >= 11 is 1.08. The molecule has 0 unspecified atom stereocenters. The number of carbonyl (C=O) groups is 2. The highest BCUT2D eigenvalue weighted by Crippen LogP contribution is 2.34. The van der Waals surface area contributed by atoms with Crippen molar-refractivity contribution in [1.82, 2.24) is 15.1 Å². The molecule has 160 valence electrons. The number of aryl methyl sites for hydroxylation is 1. The van der Waals surface area contributed by atoms with E-state index in [1.165, 1.54) is 24.3 Å². The molecule has 2 N–H and O–H groups in total. The van der Waals surface area contributed by atoms with Crippen molar-refractivity contribution in [3.8, 4) is 0 Å². The van der Waals surface area contributed by atoms with Crippen molar-refractivity contribution < 1.29 is 18.4 Å². The molecule has 1 saturated heterocycles. The van der Waals surface area contributed by atoms with Gasteiger partial charge in [0.2, 0.25) is 5.01 Å². The van der Waals surface area contributed by atoms with Crippen molar-refractivity contribution in [2.75, 3.05) is 17.2 Å². The van der Waals surface area contributed by atoms with Gasteiger partial charge in [-0.05, 0) is 55.7 Å². The van der Waals surface area contributed by atoms with E-state index >= 15 is 0 Å². The Bertz CT molecular complexity index is 1140. The minimum atomic E-state index is -0.501. The monoisotopic (exact) mass is 443 g/mol. The van der Waals surface area contributed by atoms with Gasteiger partial charge in [0.25, 0.3) is 5.91 Å². The summed E-state index contributed by atoms with van der Waals surface area (Å²) < 4.78 is 27.1. The molecule has 0 spiro atoms. The van der Waals surface area contributed by atoms with Crippen LogP contribution in [0.25, 0.3) is 0 Å². The smallest absolute Gasteiger partial charge is 0.320 e. The number of hydrogen-bond acceptors (Lipinski definition) is 5. The van der Waals surface area contributed by atoms with Crippen LogP contribution in [0.1, 0.15) is 39.3 Å². The summed E-state index contributed by atoms with van der Waals surface area (Å²) in [6, 6.07) is 9.36. The molecule has 3 amide bonds. The molecule has 2 heterocycles. The molecule has 1 aliphatic rings. The molecular formula is C21H19F2N5O2S. The van der Waals surface area contributed by atoms with Crippen molar-refractivity contribution in [3.05, 3.63) is 69.7 Å². The summed E-state index contributed by atoms with van der Waals surface area (Å²) in [5, 5.41) is 14.0. The van der Waals surface area contributed by atoms with E-state index in [0.29, 0.717) is 34.9 Å². The second-order valence-electron chi connectivity index (χ2n) is 7.16. The van der Waals surface area contributed by atoms with Crippen LogP contribution in [0.15, 0.2) is 42.5 Å². The number of urea groups is 1. The minimum absolute atomic E-state index is 0.118. The standard InChI is InChI=1S/C21H19F2N5O2S/c1-12-7-8-15(11-16(12)23)25-21(30)28-9-3-6-17(28)19-26-27-20(31-19)18(29)24-14-5-2-4-13(22)10-14/h2,4-5,7-8,10-11,17H,3,6,9H2,1H3,(H,24,29)(H,25,30)/t17-/m0/s1. The van der Waals surface area contributed by atoms with Gasteiger partial charge in [-0.25, -0.2) is 13.6 Å². The summed E-state index contributed by atoms with van der Waals surface area (Å²) in [5.41, 5.74) is 1.18. The highest BCUT2D eigenvalue weighted by molar-refractivity contribution is 7.13. The Morgan fingerprint density at radius 2 is 1.90 bits per heavy atom. The van der Waals surface area contributed by atoms with Crippen molar-refractivity contribution in [2.24, 2.45) is 0 Å². The van der Waals surface area contributed by atoms with E-state index < -0.39 is 17.5 Å². The van der Waals surface area contributed by atoms with Gasteiger partial charge in [-0.3, -0.25) is 4.79 Å².